The Morgan fingerprint density at radius 2 is 2.00 bits per heavy atom. The number of guanidine groups is 1. The van der Waals surface area contributed by atoms with E-state index in [-0.39, 0.29) is 11.5 Å². The molecule has 0 bridgehead atoms. The highest BCUT2D eigenvalue weighted by molar-refractivity contribution is 8.00. The summed E-state index contributed by atoms with van der Waals surface area (Å²) in [5.74, 6) is 2.37. The van der Waals surface area contributed by atoms with Crippen LogP contribution in [0.25, 0.3) is 0 Å². The molecule has 1 spiro atoms. The van der Waals surface area contributed by atoms with Crippen molar-refractivity contribution in [3.8, 4) is 0 Å². The maximum atomic E-state index is 11.7. The van der Waals surface area contributed by atoms with Gasteiger partial charge in [0.15, 0.2) is 15.8 Å². The Balaban J connectivity index is 2.01. The summed E-state index contributed by atoms with van der Waals surface area (Å²) in [6.45, 7) is 6.97. The number of sulfone groups is 1. The molecule has 5 nitrogen and oxygen atoms in total. The van der Waals surface area contributed by atoms with Gasteiger partial charge in [-0.25, -0.2) is 8.42 Å². The van der Waals surface area contributed by atoms with Crippen molar-refractivity contribution >= 4 is 27.6 Å². The van der Waals surface area contributed by atoms with Crippen LogP contribution in [0.2, 0.25) is 0 Å². The lowest BCUT2D eigenvalue weighted by molar-refractivity contribution is 0.293. The van der Waals surface area contributed by atoms with Gasteiger partial charge in [-0.05, 0) is 19.8 Å². The summed E-state index contributed by atoms with van der Waals surface area (Å²) in [6, 6.07) is 0. The van der Waals surface area contributed by atoms with E-state index in [2.05, 4.69) is 33.9 Å². The minimum Gasteiger partial charge on any atom is -0.357 e. The fourth-order valence-corrected chi connectivity index (χ4v) is 5.61. The third kappa shape index (κ3) is 5.55. The SMILES string of the molecule is CCNC(=NCCS(=O)(=O)CC)N1CCSC2(CCCCC2)C1. The number of nitrogens with one attached hydrogen (secondary N) is 1. The largest absolute Gasteiger partial charge is 0.357 e. The van der Waals surface area contributed by atoms with Crippen LogP contribution in [-0.2, 0) is 9.84 Å². The molecule has 1 aliphatic carbocycles. The van der Waals surface area contributed by atoms with Crippen LogP contribution in [0.1, 0.15) is 46.0 Å². The molecule has 2 rings (SSSR count). The van der Waals surface area contributed by atoms with E-state index in [1.807, 2.05) is 0 Å². The number of thioether (sulfide) groups is 1. The minimum atomic E-state index is -2.95. The lowest BCUT2D eigenvalue weighted by Crippen LogP contribution is -2.53. The topological polar surface area (TPSA) is 61.8 Å². The Morgan fingerprint density at radius 1 is 1.26 bits per heavy atom. The Labute approximate surface area is 145 Å². The zero-order chi connectivity index (χ0) is 16.8. The van der Waals surface area contributed by atoms with Crippen LogP contribution in [0.4, 0.5) is 0 Å². The van der Waals surface area contributed by atoms with Crippen LogP contribution in [-0.4, -0.2) is 67.5 Å². The summed E-state index contributed by atoms with van der Waals surface area (Å²) in [4.78, 5) is 6.94. The molecule has 1 aliphatic heterocycles. The van der Waals surface area contributed by atoms with E-state index in [0.717, 1.165) is 31.3 Å². The molecular formula is C16H31N3O2S2. The van der Waals surface area contributed by atoms with Gasteiger partial charge in [-0.2, -0.15) is 11.8 Å². The van der Waals surface area contributed by atoms with E-state index in [0.29, 0.717) is 11.3 Å². The van der Waals surface area contributed by atoms with Gasteiger partial charge in [0.2, 0.25) is 0 Å². The molecule has 0 atom stereocenters. The first-order valence-corrected chi connectivity index (χ1v) is 11.7. The van der Waals surface area contributed by atoms with Crippen LogP contribution in [0.5, 0.6) is 0 Å². The highest BCUT2D eigenvalue weighted by Gasteiger charge is 2.38. The molecule has 23 heavy (non-hydrogen) atoms. The molecule has 2 aliphatic rings. The fraction of sp³-hybridized carbons (Fsp3) is 0.938. The van der Waals surface area contributed by atoms with Crippen LogP contribution in [0.15, 0.2) is 4.99 Å². The van der Waals surface area contributed by atoms with Crippen LogP contribution in [0, 0.1) is 0 Å². The standard InChI is InChI=1S/C16H31N3O2S2/c1-3-17-15(18-10-13-23(20,21)4-2)19-11-12-22-16(14-19)8-6-5-7-9-16/h3-14H2,1-2H3,(H,17,18). The van der Waals surface area contributed by atoms with Crippen molar-refractivity contribution in [1.29, 1.82) is 0 Å². The molecular weight excluding hydrogens is 330 g/mol. The second-order valence-electron chi connectivity index (χ2n) is 6.49. The van der Waals surface area contributed by atoms with E-state index in [9.17, 15) is 8.42 Å². The molecule has 0 amide bonds. The Bertz CT molecular complexity index is 494. The van der Waals surface area contributed by atoms with Crippen molar-refractivity contribution in [2.75, 3.05) is 43.4 Å². The van der Waals surface area contributed by atoms with Crippen molar-refractivity contribution in [2.45, 2.75) is 50.7 Å². The van der Waals surface area contributed by atoms with E-state index < -0.39 is 9.84 Å². The summed E-state index contributed by atoms with van der Waals surface area (Å²) >= 11 is 2.14. The first-order chi connectivity index (χ1) is 11.0. The van der Waals surface area contributed by atoms with Crippen LogP contribution >= 0.6 is 11.8 Å². The fourth-order valence-electron chi connectivity index (χ4n) is 3.39. The van der Waals surface area contributed by atoms with Crippen molar-refractivity contribution in [3.05, 3.63) is 0 Å². The minimum absolute atomic E-state index is 0.145. The summed E-state index contributed by atoms with van der Waals surface area (Å²) in [6.07, 6.45) is 6.65. The van der Waals surface area contributed by atoms with Crippen molar-refractivity contribution < 1.29 is 8.42 Å². The molecule has 1 saturated heterocycles. The normalized spacial score (nSPS) is 22.3. The zero-order valence-electron chi connectivity index (χ0n) is 14.5. The Hall–Kier alpha value is -0.430. The average Bonchev–Trinajstić information content (AvgIpc) is 2.55. The molecule has 0 aromatic carbocycles. The maximum absolute atomic E-state index is 11.7. The zero-order valence-corrected chi connectivity index (χ0v) is 16.1. The lowest BCUT2D eigenvalue weighted by atomic mass is 9.87. The van der Waals surface area contributed by atoms with Gasteiger partial charge in [-0.15, -0.1) is 0 Å². The highest BCUT2D eigenvalue weighted by Crippen LogP contribution is 2.42. The third-order valence-electron chi connectivity index (χ3n) is 4.75. The summed E-state index contributed by atoms with van der Waals surface area (Å²) in [5.41, 5.74) is 0. The number of hydrogen-bond donors (Lipinski definition) is 1. The van der Waals surface area contributed by atoms with E-state index >= 15 is 0 Å². The lowest BCUT2D eigenvalue weighted by Gasteiger charge is -2.45. The smallest absolute Gasteiger partial charge is 0.194 e. The van der Waals surface area contributed by atoms with Gasteiger partial charge in [0, 0.05) is 35.9 Å². The van der Waals surface area contributed by atoms with Crippen molar-refractivity contribution in [3.63, 3.8) is 0 Å². The predicted octanol–water partition coefficient (Wildman–Crippen LogP) is 2.14. The van der Waals surface area contributed by atoms with E-state index in [1.165, 1.54) is 32.1 Å². The van der Waals surface area contributed by atoms with E-state index in [1.54, 1.807) is 6.92 Å². The first kappa shape index (κ1) is 18.9. The quantitative estimate of drug-likeness (QED) is 0.600. The van der Waals surface area contributed by atoms with Gasteiger partial charge < -0.3 is 10.2 Å². The molecule has 0 aromatic heterocycles. The number of rotatable bonds is 5. The van der Waals surface area contributed by atoms with Gasteiger partial charge >= 0.3 is 0 Å². The third-order valence-corrected chi connectivity index (χ3v) is 7.97. The molecule has 1 saturated carbocycles. The first-order valence-electron chi connectivity index (χ1n) is 8.88. The molecule has 0 unspecified atom stereocenters. The molecule has 2 fully saturated rings. The molecule has 0 radical (unpaired) electrons. The van der Waals surface area contributed by atoms with Crippen molar-refractivity contribution in [1.82, 2.24) is 10.2 Å². The number of nitrogens with zero attached hydrogens (tertiary/aromatic N) is 2. The van der Waals surface area contributed by atoms with Gasteiger partial charge in [-0.1, -0.05) is 26.2 Å². The second-order valence-corrected chi connectivity index (χ2v) is 10.5. The molecule has 134 valence electrons. The Morgan fingerprint density at radius 3 is 2.65 bits per heavy atom. The van der Waals surface area contributed by atoms with Gasteiger partial charge in [0.05, 0.1) is 12.3 Å². The second kappa shape index (κ2) is 8.60. The highest BCUT2D eigenvalue weighted by atomic mass is 32.2. The molecule has 1 N–H and O–H groups in total. The van der Waals surface area contributed by atoms with Gasteiger partial charge in [0.1, 0.15) is 0 Å². The van der Waals surface area contributed by atoms with Gasteiger partial charge in [0.25, 0.3) is 0 Å². The average molecular weight is 362 g/mol. The van der Waals surface area contributed by atoms with E-state index in [4.69, 9.17) is 0 Å². The van der Waals surface area contributed by atoms with Crippen LogP contribution < -0.4 is 5.32 Å². The molecule has 1 heterocycles. The summed E-state index contributed by atoms with van der Waals surface area (Å²) in [5, 5.41) is 3.35. The number of aliphatic imine (C=N–C) groups is 1. The maximum Gasteiger partial charge on any atom is 0.194 e. The summed E-state index contributed by atoms with van der Waals surface area (Å²) in [7, 11) is -2.95. The van der Waals surface area contributed by atoms with Crippen molar-refractivity contribution in [2.24, 2.45) is 4.99 Å². The van der Waals surface area contributed by atoms with Crippen LogP contribution in [0.3, 0.4) is 0 Å². The monoisotopic (exact) mass is 361 g/mol. The predicted molar refractivity (Wildman–Crippen MR) is 100 cm³/mol. The Kier molecular flexibility index (Phi) is 7.07. The number of hydrogen-bond acceptors (Lipinski definition) is 4. The molecule has 0 aromatic rings. The summed E-state index contributed by atoms with van der Waals surface area (Å²) < 4.78 is 23.7. The molecule has 7 heteroatoms. The van der Waals surface area contributed by atoms with Gasteiger partial charge in [-0.3, -0.25) is 4.99 Å².